The second-order valence-corrected chi connectivity index (χ2v) is 9.19. The number of sulfonamides is 1. The molecule has 30 heavy (non-hydrogen) atoms. The Morgan fingerprint density at radius 3 is 2.67 bits per heavy atom. The lowest BCUT2D eigenvalue weighted by atomic mass is 10.2. The largest absolute Gasteiger partial charge is 0.496 e. The molecule has 2 aliphatic rings. The van der Waals surface area contributed by atoms with Crippen molar-refractivity contribution in [2.45, 2.75) is 24.0 Å². The van der Waals surface area contributed by atoms with Crippen molar-refractivity contribution in [2.75, 3.05) is 37.7 Å². The SMILES string of the molecule is COc1ccc(S(=O)(=O)N2CCc3ccccc32)cc1C(=O)NCC1(C)OCCO1. The summed E-state index contributed by atoms with van der Waals surface area (Å²) in [4.78, 5) is 12.8. The Hall–Kier alpha value is -2.62. The number of fused-ring (bicyclic) bond motifs is 1. The van der Waals surface area contributed by atoms with Gasteiger partial charge in [0.25, 0.3) is 15.9 Å². The van der Waals surface area contributed by atoms with Crippen LogP contribution < -0.4 is 14.4 Å². The molecule has 1 fully saturated rings. The lowest BCUT2D eigenvalue weighted by molar-refractivity contribution is -0.136. The van der Waals surface area contributed by atoms with E-state index in [2.05, 4.69) is 5.32 Å². The van der Waals surface area contributed by atoms with Gasteiger partial charge in [-0.3, -0.25) is 9.10 Å². The number of nitrogens with zero attached hydrogens (tertiary/aromatic N) is 1. The Morgan fingerprint density at radius 2 is 1.93 bits per heavy atom. The van der Waals surface area contributed by atoms with Crippen LogP contribution in [-0.4, -0.2) is 53.5 Å². The summed E-state index contributed by atoms with van der Waals surface area (Å²) in [5.74, 6) is -1.08. The highest BCUT2D eigenvalue weighted by Crippen LogP contribution is 2.34. The third-order valence-corrected chi connectivity index (χ3v) is 7.13. The Balaban J connectivity index is 1.61. The number of amides is 1. The number of benzene rings is 2. The fraction of sp³-hybridized carbons (Fsp3) is 0.381. The fourth-order valence-corrected chi connectivity index (χ4v) is 5.23. The zero-order valence-corrected chi connectivity index (χ0v) is 17.7. The molecule has 0 spiro atoms. The molecule has 9 heteroatoms. The molecular formula is C21H24N2O6S. The lowest BCUT2D eigenvalue weighted by Gasteiger charge is -2.23. The smallest absolute Gasteiger partial charge is 0.264 e. The summed E-state index contributed by atoms with van der Waals surface area (Å²) in [6.07, 6.45) is 0.650. The average Bonchev–Trinajstić information content (AvgIpc) is 3.38. The van der Waals surface area contributed by atoms with E-state index in [0.29, 0.717) is 31.9 Å². The lowest BCUT2D eigenvalue weighted by Crippen LogP contribution is -2.41. The van der Waals surface area contributed by atoms with E-state index in [1.165, 1.54) is 29.6 Å². The average molecular weight is 432 g/mol. The first kappa shape index (κ1) is 20.6. The third kappa shape index (κ3) is 3.76. The molecule has 0 bridgehead atoms. The fourth-order valence-electron chi connectivity index (χ4n) is 3.70. The van der Waals surface area contributed by atoms with Crippen molar-refractivity contribution in [1.29, 1.82) is 0 Å². The van der Waals surface area contributed by atoms with E-state index in [1.807, 2.05) is 18.2 Å². The predicted molar refractivity (Wildman–Crippen MR) is 110 cm³/mol. The molecule has 2 aliphatic heterocycles. The first-order valence-electron chi connectivity index (χ1n) is 9.69. The molecule has 0 atom stereocenters. The van der Waals surface area contributed by atoms with Gasteiger partial charge in [-0.25, -0.2) is 8.42 Å². The van der Waals surface area contributed by atoms with Crippen LogP contribution in [0.5, 0.6) is 5.75 Å². The summed E-state index contributed by atoms with van der Waals surface area (Å²) in [5.41, 5.74) is 1.78. The molecule has 0 saturated carbocycles. The molecule has 160 valence electrons. The van der Waals surface area contributed by atoms with Gasteiger partial charge in [0, 0.05) is 6.54 Å². The molecule has 0 aromatic heterocycles. The van der Waals surface area contributed by atoms with Gasteiger partial charge in [0.2, 0.25) is 0 Å². The van der Waals surface area contributed by atoms with Crippen molar-refractivity contribution in [3.05, 3.63) is 53.6 Å². The molecule has 2 aromatic rings. The van der Waals surface area contributed by atoms with Crippen molar-refractivity contribution in [3.63, 3.8) is 0 Å². The van der Waals surface area contributed by atoms with Crippen LogP contribution in [0, 0.1) is 0 Å². The van der Waals surface area contributed by atoms with E-state index in [0.717, 1.165) is 5.56 Å². The van der Waals surface area contributed by atoms with Crippen LogP contribution in [0.4, 0.5) is 5.69 Å². The first-order chi connectivity index (χ1) is 14.3. The first-order valence-corrected chi connectivity index (χ1v) is 11.1. The summed E-state index contributed by atoms with van der Waals surface area (Å²) in [5, 5.41) is 2.74. The maximum absolute atomic E-state index is 13.3. The summed E-state index contributed by atoms with van der Waals surface area (Å²) < 4.78 is 44.3. The highest BCUT2D eigenvalue weighted by atomic mass is 32.2. The number of ether oxygens (including phenoxy) is 3. The molecular weight excluding hydrogens is 408 g/mol. The molecule has 0 radical (unpaired) electrons. The van der Waals surface area contributed by atoms with E-state index in [-0.39, 0.29) is 22.8 Å². The molecule has 4 rings (SSSR count). The van der Waals surface area contributed by atoms with Crippen molar-refractivity contribution in [2.24, 2.45) is 0 Å². The summed E-state index contributed by atoms with van der Waals surface area (Å²) >= 11 is 0. The Bertz CT molecular complexity index is 1060. The van der Waals surface area contributed by atoms with Gasteiger partial charge < -0.3 is 19.5 Å². The van der Waals surface area contributed by atoms with Crippen LogP contribution in [-0.2, 0) is 25.9 Å². The highest BCUT2D eigenvalue weighted by Gasteiger charge is 2.33. The van der Waals surface area contributed by atoms with Crippen LogP contribution in [0.25, 0.3) is 0 Å². The number of rotatable bonds is 6. The number of nitrogens with one attached hydrogen (secondary N) is 1. The van der Waals surface area contributed by atoms with Gasteiger partial charge in [0.15, 0.2) is 5.79 Å². The normalized spacial score (nSPS) is 17.6. The quantitative estimate of drug-likeness (QED) is 0.750. The van der Waals surface area contributed by atoms with Crippen LogP contribution >= 0.6 is 0 Å². The van der Waals surface area contributed by atoms with E-state index in [4.69, 9.17) is 14.2 Å². The van der Waals surface area contributed by atoms with Crippen LogP contribution in [0.15, 0.2) is 47.4 Å². The molecule has 1 saturated heterocycles. The van der Waals surface area contributed by atoms with E-state index >= 15 is 0 Å². The monoisotopic (exact) mass is 432 g/mol. The summed E-state index contributed by atoms with van der Waals surface area (Å²) in [6.45, 7) is 3.15. The van der Waals surface area contributed by atoms with Crippen molar-refractivity contribution >= 4 is 21.6 Å². The van der Waals surface area contributed by atoms with Gasteiger partial charge >= 0.3 is 0 Å². The van der Waals surface area contributed by atoms with Crippen LogP contribution in [0.3, 0.4) is 0 Å². The van der Waals surface area contributed by atoms with Crippen molar-refractivity contribution < 1.29 is 27.4 Å². The minimum atomic E-state index is -3.83. The zero-order valence-electron chi connectivity index (χ0n) is 16.9. The molecule has 1 N–H and O–H groups in total. The maximum Gasteiger partial charge on any atom is 0.264 e. The molecule has 0 unspecified atom stereocenters. The zero-order chi connectivity index (χ0) is 21.4. The standard InChI is InChI=1S/C21H24N2O6S/c1-21(28-11-12-29-21)14-22-20(24)17-13-16(7-8-19(17)27-2)30(25,26)23-10-9-15-5-3-4-6-18(15)23/h3-8,13H,9-12,14H2,1-2H3,(H,22,24). The number of hydrogen-bond acceptors (Lipinski definition) is 6. The van der Waals surface area contributed by atoms with Crippen molar-refractivity contribution in [1.82, 2.24) is 5.32 Å². The number of methoxy groups -OCH3 is 1. The van der Waals surface area contributed by atoms with Crippen molar-refractivity contribution in [3.8, 4) is 5.75 Å². The number of para-hydroxylation sites is 1. The van der Waals surface area contributed by atoms with Gasteiger partial charge in [0.1, 0.15) is 5.75 Å². The van der Waals surface area contributed by atoms with Gasteiger partial charge in [-0.15, -0.1) is 0 Å². The Labute approximate surface area is 175 Å². The molecule has 0 aliphatic carbocycles. The summed E-state index contributed by atoms with van der Waals surface area (Å²) in [6, 6.07) is 11.7. The Morgan fingerprint density at radius 1 is 1.20 bits per heavy atom. The van der Waals surface area contributed by atoms with Crippen LogP contribution in [0.1, 0.15) is 22.8 Å². The molecule has 1 amide bonds. The molecule has 2 aromatic carbocycles. The van der Waals surface area contributed by atoms with Crippen LogP contribution in [0.2, 0.25) is 0 Å². The van der Waals surface area contributed by atoms with E-state index in [9.17, 15) is 13.2 Å². The van der Waals surface area contributed by atoms with Gasteiger partial charge in [-0.2, -0.15) is 0 Å². The third-order valence-electron chi connectivity index (χ3n) is 5.32. The number of carbonyl (C=O) groups excluding carboxylic acids is 1. The number of hydrogen-bond donors (Lipinski definition) is 1. The number of anilines is 1. The second-order valence-electron chi connectivity index (χ2n) is 7.33. The maximum atomic E-state index is 13.3. The predicted octanol–water partition coefficient (Wildman–Crippen LogP) is 1.94. The molecule has 8 nitrogen and oxygen atoms in total. The topological polar surface area (TPSA) is 94.2 Å². The number of carbonyl (C=O) groups is 1. The van der Waals surface area contributed by atoms with E-state index < -0.39 is 21.7 Å². The summed E-state index contributed by atoms with van der Waals surface area (Å²) in [7, 11) is -2.40. The van der Waals surface area contributed by atoms with Gasteiger partial charge in [0.05, 0.1) is 43.0 Å². The Kier molecular flexibility index (Phi) is 5.44. The minimum absolute atomic E-state index is 0.0322. The van der Waals surface area contributed by atoms with E-state index in [1.54, 1.807) is 13.0 Å². The highest BCUT2D eigenvalue weighted by molar-refractivity contribution is 7.92. The van der Waals surface area contributed by atoms with Gasteiger partial charge in [-0.1, -0.05) is 18.2 Å². The van der Waals surface area contributed by atoms with Gasteiger partial charge in [-0.05, 0) is 43.2 Å². The second kappa shape index (κ2) is 7.90. The molecule has 2 heterocycles. The minimum Gasteiger partial charge on any atom is -0.496 e.